The van der Waals surface area contributed by atoms with E-state index >= 15 is 0 Å². The molecule has 2 aliphatic heterocycles. The van der Waals surface area contributed by atoms with Gasteiger partial charge in [-0.1, -0.05) is 48.5 Å². The van der Waals surface area contributed by atoms with Crippen molar-refractivity contribution in [2.45, 2.75) is 30.9 Å². The third-order valence-corrected chi connectivity index (χ3v) is 7.22. The van der Waals surface area contributed by atoms with Gasteiger partial charge < -0.3 is 24.1 Å². The first-order valence-corrected chi connectivity index (χ1v) is 10.0. The van der Waals surface area contributed by atoms with Gasteiger partial charge in [0, 0.05) is 28.0 Å². The first kappa shape index (κ1) is 16.0. The Bertz CT molecular complexity index is 1500. The zero-order valence-corrected chi connectivity index (χ0v) is 16.0. The Morgan fingerprint density at radius 3 is 2.24 bits per heavy atom. The molecule has 7 rings (SSSR count). The monoisotopic (exact) mass is 384 g/mol. The van der Waals surface area contributed by atoms with E-state index in [1.807, 2.05) is 25.1 Å². The van der Waals surface area contributed by atoms with Crippen LogP contribution in [0.15, 0.2) is 60.7 Å². The summed E-state index contributed by atoms with van der Waals surface area (Å²) in [6.45, 7) is 1.54. The van der Waals surface area contributed by atoms with E-state index in [2.05, 4.69) is 51.6 Å². The second kappa shape index (κ2) is 4.82. The molecule has 2 N–H and O–H groups in total. The molecule has 3 atom stereocenters. The molecule has 0 saturated carbocycles. The minimum atomic E-state index is -1.39. The minimum Gasteiger partial charge on any atom is -0.393 e. The lowest BCUT2D eigenvalue weighted by Crippen LogP contribution is -2.52. The molecule has 1 fully saturated rings. The first-order chi connectivity index (χ1) is 14.1. The van der Waals surface area contributed by atoms with Crippen molar-refractivity contribution in [1.82, 2.24) is 9.13 Å². The molecule has 2 aliphatic rings. The van der Waals surface area contributed by atoms with E-state index in [0.29, 0.717) is 6.42 Å². The van der Waals surface area contributed by atoms with E-state index in [0.717, 1.165) is 32.8 Å². The Morgan fingerprint density at radius 2 is 1.52 bits per heavy atom. The van der Waals surface area contributed by atoms with Gasteiger partial charge in [-0.05, 0) is 19.1 Å². The standard InChI is InChI=1S/C24H20N2O3/c1-23-24(28,13-27)12-20(29-23)25-18-8-4-2-6-14(18)16-10-11-17-15-7-3-5-9-19(15)26(23)22(17)21(16)25/h2-11,20,27-28H,12-13H2,1H3/t20-,23+,24+/m0/s1. The fraction of sp³-hybridized carbons (Fsp3) is 0.250. The van der Waals surface area contributed by atoms with E-state index < -0.39 is 11.3 Å². The number of rotatable bonds is 1. The van der Waals surface area contributed by atoms with Gasteiger partial charge in [0.1, 0.15) is 11.8 Å². The Kier molecular flexibility index (Phi) is 2.66. The molecular formula is C24H20N2O3. The fourth-order valence-corrected chi connectivity index (χ4v) is 5.79. The van der Waals surface area contributed by atoms with Gasteiger partial charge in [0.15, 0.2) is 5.72 Å². The smallest absolute Gasteiger partial charge is 0.176 e. The van der Waals surface area contributed by atoms with Crippen molar-refractivity contribution in [3.05, 3.63) is 60.7 Å². The SMILES string of the molecule is C[C@@]12O[C@@H](C[C@@]1(O)CO)n1c3ccccc3c3ccc4c5ccccc5n2c4c31. The molecule has 0 spiro atoms. The van der Waals surface area contributed by atoms with Gasteiger partial charge in [-0.3, -0.25) is 0 Å². The molecule has 0 unspecified atom stereocenters. The number of aliphatic hydroxyl groups is 2. The van der Waals surface area contributed by atoms with Crippen molar-refractivity contribution in [3.8, 4) is 0 Å². The van der Waals surface area contributed by atoms with Crippen molar-refractivity contribution >= 4 is 43.6 Å². The van der Waals surface area contributed by atoms with Gasteiger partial charge in [-0.2, -0.15) is 0 Å². The highest BCUT2D eigenvalue weighted by Gasteiger charge is 2.60. The second-order valence-electron chi connectivity index (χ2n) is 8.55. The number of aliphatic hydroxyl groups excluding tert-OH is 1. The third kappa shape index (κ3) is 1.59. The predicted octanol–water partition coefficient (Wildman–Crippen LogP) is 4.23. The molecule has 144 valence electrons. The van der Waals surface area contributed by atoms with Crippen LogP contribution in [0.5, 0.6) is 0 Å². The Balaban J connectivity index is 1.84. The number of benzene rings is 3. The van der Waals surface area contributed by atoms with E-state index in [4.69, 9.17) is 4.74 Å². The summed E-state index contributed by atoms with van der Waals surface area (Å²) >= 11 is 0. The largest absolute Gasteiger partial charge is 0.393 e. The Labute approximate surface area is 166 Å². The summed E-state index contributed by atoms with van der Waals surface area (Å²) < 4.78 is 11.0. The molecule has 3 aromatic carbocycles. The van der Waals surface area contributed by atoms with Gasteiger partial charge in [-0.25, -0.2) is 0 Å². The molecule has 0 aliphatic carbocycles. The minimum absolute atomic E-state index is 0.329. The van der Waals surface area contributed by atoms with E-state index in [-0.39, 0.29) is 12.8 Å². The molecular weight excluding hydrogens is 364 g/mol. The third-order valence-electron chi connectivity index (χ3n) is 7.22. The lowest BCUT2D eigenvalue weighted by molar-refractivity contribution is -0.189. The predicted molar refractivity (Wildman–Crippen MR) is 113 cm³/mol. The van der Waals surface area contributed by atoms with E-state index in [9.17, 15) is 10.2 Å². The van der Waals surface area contributed by atoms with Crippen LogP contribution in [0.2, 0.25) is 0 Å². The second-order valence-corrected chi connectivity index (χ2v) is 8.55. The molecule has 4 heterocycles. The number of nitrogens with zero attached hydrogens (tertiary/aromatic N) is 2. The highest BCUT2D eigenvalue weighted by molar-refractivity contribution is 6.22. The van der Waals surface area contributed by atoms with Crippen LogP contribution < -0.4 is 0 Å². The molecule has 0 amide bonds. The molecule has 2 bridgehead atoms. The van der Waals surface area contributed by atoms with Gasteiger partial charge >= 0.3 is 0 Å². The van der Waals surface area contributed by atoms with Crippen LogP contribution in [0.3, 0.4) is 0 Å². The number of hydrogen-bond donors (Lipinski definition) is 2. The van der Waals surface area contributed by atoms with Crippen LogP contribution >= 0.6 is 0 Å². The first-order valence-electron chi connectivity index (χ1n) is 10.0. The Hall–Kier alpha value is -2.86. The fourth-order valence-electron chi connectivity index (χ4n) is 5.79. The molecule has 1 saturated heterocycles. The Morgan fingerprint density at radius 1 is 0.897 bits per heavy atom. The summed E-state index contributed by atoms with van der Waals surface area (Å²) in [5.41, 5.74) is 1.80. The average molecular weight is 384 g/mol. The zero-order valence-electron chi connectivity index (χ0n) is 16.0. The van der Waals surface area contributed by atoms with Crippen LogP contribution in [0.4, 0.5) is 0 Å². The van der Waals surface area contributed by atoms with Crippen LogP contribution in [0.25, 0.3) is 43.6 Å². The number of ether oxygens (including phenoxy) is 1. The van der Waals surface area contributed by atoms with Crippen molar-refractivity contribution < 1.29 is 14.9 Å². The maximum atomic E-state index is 11.6. The summed E-state index contributed by atoms with van der Waals surface area (Å²) in [6, 6.07) is 20.9. The van der Waals surface area contributed by atoms with Gasteiger partial charge in [0.2, 0.25) is 0 Å². The van der Waals surface area contributed by atoms with E-state index in [1.54, 1.807) is 0 Å². The van der Waals surface area contributed by atoms with Crippen molar-refractivity contribution in [2.75, 3.05) is 6.61 Å². The van der Waals surface area contributed by atoms with Gasteiger partial charge in [0.05, 0.1) is 28.7 Å². The molecule has 5 heteroatoms. The highest BCUT2D eigenvalue weighted by Crippen LogP contribution is 2.55. The summed E-state index contributed by atoms with van der Waals surface area (Å²) in [7, 11) is 0. The number of aromatic nitrogens is 2. The van der Waals surface area contributed by atoms with Crippen LogP contribution in [0, 0.1) is 0 Å². The van der Waals surface area contributed by atoms with Crippen LogP contribution in [-0.2, 0) is 10.5 Å². The maximum absolute atomic E-state index is 11.6. The van der Waals surface area contributed by atoms with E-state index in [1.165, 1.54) is 10.8 Å². The van der Waals surface area contributed by atoms with Crippen molar-refractivity contribution in [1.29, 1.82) is 0 Å². The van der Waals surface area contributed by atoms with Crippen LogP contribution in [-0.4, -0.2) is 31.6 Å². The number of fused-ring (bicyclic) bond motifs is 10. The molecule has 0 radical (unpaired) electrons. The van der Waals surface area contributed by atoms with Gasteiger partial charge in [-0.15, -0.1) is 0 Å². The van der Waals surface area contributed by atoms with Crippen LogP contribution in [0.1, 0.15) is 19.6 Å². The summed E-state index contributed by atoms with van der Waals surface area (Å²) in [5, 5.41) is 26.4. The molecule has 5 aromatic rings. The van der Waals surface area contributed by atoms with Crippen molar-refractivity contribution in [2.24, 2.45) is 0 Å². The quantitative estimate of drug-likeness (QED) is 0.455. The topological polar surface area (TPSA) is 59.5 Å². The average Bonchev–Trinajstić information content (AvgIpc) is 3.31. The molecule has 5 nitrogen and oxygen atoms in total. The lowest BCUT2D eigenvalue weighted by atomic mass is 9.90. The number of hydrogen-bond acceptors (Lipinski definition) is 3. The normalized spacial score (nSPS) is 28.3. The molecule has 2 aromatic heterocycles. The summed E-state index contributed by atoms with van der Waals surface area (Å²) in [4.78, 5) is 0. The summed E-state index contributed by atoms with van der Waals surface area (Å²) in [5.74, 6) is 0. The maximum Gasteiger partial charge on any atom is 0.176 e. The zero-order chi connectivity index (χ0) is 19.5. The summed E-state index contributed by atoms with van der Waals surface area (Å²) in [6.07, 6.45) is -0.0281. The molecule has 29 heavy (non-hydrogen) atoms. The van der Waals surface area contributed by atoms with Crippen molar-refractivity contribution in [3.63, 3.8) is 0 Å². The highest BCUT2D eigenvalue weighted by atomic mass is 16.6. The van der Waals surface area contributed by atoms with Gasteiger partial charge in [0.25, 0.3) is 0 Å². The number of para-hydroxylation sites is 2. The lowest BCUT2D eigenvalue weighted by Gasteiger charge is -2.38.